The standard InChI is InChI=1S/C25H31F2N3O3S/c26-23-9-8-22(16-24(23)27)34(32,33)30-14-10-19(11-15-30)25(31)28-17-20-6-2-3-7-21(20)18-29-12-4-1-5-13-29/h2-3,6-9,16,19H,1,4-5,10-15,17-18H2,(H,28,31). The molecule has 0 aliphatic carbocycles. The van der Waals surface area contributed by atoms with E-state index in [1.807, 2.05) is 18.2 Å². The van der Waals surface area contributed by atoms with Crippen LogP contribution in [0.5, 0.6) is 0 Å². The number of hydrogen-bond donors (Lipinski definition) is 1. The molecule has 1 N–H and O–H groups in total. The van der Waals surface area contributed by atoms with Gasteiger partial charge < -0.3 is 5.32 Å². The molecule has 0 radical (unpaired) electrons. The minimum atomic E-state index is -3.94. The average Bonchev–Trinajstić information content (AvgIpc) is 2.85. The molecule has 2 aliphatic heterocycles. The maximum atomic E-state index is 13.5. The zero-order chi connectivity index (χ0) is 24.1. The van der Waals surface area contributed by atoms with Crippen molar-refractivity contribution < 1.29 is 22.0 Å². The van der Waals surface area contributed by atoms with Gasteiger partial charge in [-0.2, -0.15) is 4.31 Å². The van der Waals surface area contributed by atoms with Crippen LogP contribution in [0.4, 0.5) is 8.78 Å². The van der Waals surface area contributed by atoms with Crippen LogP contribution in [0.15, 0.2) is 47.4 Å². The van der Waals surface area contributed by atoms with Crippen molar-refractivity contribution in [1.29, 1.82) is 0 Å². The van der Waals surface area contributed by atoms with E-state index in [1.54, 1.807) is 0 Å². The fourth-order valence-electron chi connectivity index (χ4n) is 4.71. The van der Waals surface area contributed by atoms with Crippen molar-refractivity contribution in [2.24, 2.45) is 5.92 Å². The molecule has 0 aromatic heterocycles. The van der Waals surface area contributed by atoms with Crippen LogP contribution in [0.2, 0.25) is 0 Å². The van der Waals surface area contributed by atoms with Gasteiger partial charge in [-0.1, -0.05) is 30.7 Å². The molecular formula is C25H31F2N3O3S. The quantitative estimate of drug-likeness (QED) is 0.642. The minimum absolute atomic E-state index is 0.0855. The first-order valence-corrected chi connectivity index (χ1v) is 13.3. The Labute approximate surface area is 200 Å². The number of likely N-dealkylation sites (tertiary alicyclic amines) is 1. The Bertz CT molecular complexity index is 1110. The molecule has 2 aromatic carbocycles. The highest BCUT2D eigenvalue weighted by atomic mass is 32.2. The third kappa shape index (κ3) is 5.82. The molecule has 34 heavy (non-hydrogen) atoms. The Morgan fingerprint density at radius 2 is 1.59 bits per heavy atom. The summed E-state index contributed by atoms with van der Waals surface area (Å²) in [6, 6.07) is 10.7. The predicted molar refractivity (Wildman–Crippen MR) is 125 cm³/mol. The lowest BCUT2D eigenvalue weighted by molar-refractivity contribution is -0.126. The molecule has 2 aliphatic rings. The average molecular weight is 492 g/mol. The molecule has 0 atom stereocenters. The lowest BCUT2D eigenvalue weighted by Gasteiger charge is -2.30. The number of carbonyl (C=O) groups excluding carboxylic acids is 1. The predicted octanol–water partition coefficient (Wildman–Crippen LogP) is 3.67. The maximum Gasteiger partial charge on any atom is 0.243 e. The molecule has 2 saturated heterocycles. The van der Waals surface area contributed by atoms with Crippen molar-refractivity contribution in [2.75, 3.05) is 26.2 Å². The topological polar surface area (TPSA) is 69.7 Å². The summed E-state index contributed by atoms with van der Waals surface area (Å²) < 4.78 is 53.5. The number of nitrogens with zero attached hydrogens (tertiary/aromatic N) is 2. The lowest BCUT2D eigenvalue weighted by Crippen LogP contribution is -2.43. The Hall–Kier alpha value is -2.36. The zero-order valence-electron chi connectivity index (χ0n) is 19.2. The number of benzene rings is 2. The minimum Gasteiger partial charge on any atom is -0.352 e. The summed E-state index contributed by atoms with van der Waals surface area (Å²) >= 11 is 0. The number of amides is 1. The molecule has 0 spiro atoms. The van der Waals surface area contributed by atoms with Crippen LogP contribution in [0.1, 0.15) is 43.2 Å². The van der Waals surface area contributed by atoms with Gasteiger partial charge in [-0.15, -0.1) is 0 Å². The van der Waals surface area contributed by atoms with E-state index in [0.717, 1.165) is 37.3 Å². The number of nitrogens with one attached hydrogen (secondary N) is 1. The molecule has 2 fully saturated rings. The molecule has 0 unspecified atom stereocenters. The first-order valence-electron chi connectivity index (χ1n) is 11.9. The monoisotopic (exact) mass is 491 g/mol. The molecule has 4 rings (SSSR count). The van der Waals surface area contributed by atoms with E-state index in [9.17, 15) is 22.0 Å². The van der Waals surface area contributed by atoms with Gasteiger partial charge in [-0.3, -0.25) is 9.69 Å². The maximum absolute atomic E-state index is 13.5. The molecule has 184 valence electrons. The van der Waals surface area contributed by atoms with Crippen LogP contribution in [0.3, 0.4) is 0 Å². The zero-order valence-corrected chi connectivity index (χ0v) is 20.0. The Kier molecular flexibility index (Phi) is 7.95. The van der Waals surface area contributed by atoms with Crippen LogP contribution >= 0.6 is 0 Å². The van der Waals surface area contributed by atoms with Gasteiger partial charge in [-0.05, 0) is 68.1 Å². The van der Waals surface area contributed by atoms with Crippen LogP contribution in [0.25, 0.3) is 0 Å². The third-order valence-electron chi connectivity index (χ3n) is 6.77. The summed E-state index contributed by atoms with van der Waals surface area (Å²) in [5.41, 5.74) is 2.32. The van der Waals surface area contributed by atoms with Crippen LogP contribution in [-0.4, -0.2) is 49.7 Å². The summed E-state index contributed by atoms with van der Waals surface area (Å²) in [5, 5.41) is 3.03. The first kappa shape index (κ1) is 24.8. The molecule has 6 nitrogen and oxygen atoms in total. The summed E-state index contributed by atoms with van der Waals surface area (Å²) in [5.74, 6) is -2.66. The summed E-state index contributed by atoms with van der Waals surface area (Å²) in [4.78, 5) is 15.0. The number of piperidine rings is 2. The largest absolute Gasteiger partial charge is 0.352 e. The number of sulfonamides is 1. The van der Waals surface area contributed by atoms with Gasteiger partial charge in [0.25, 0.3) is 0 Å². The highest BCUT2D eigenvalue weighted by molar-refractivity contribution is 7.89. The van der Waals surface area contributed by atoms with Gasteiger partial charge in [0.1, 0.15) is 0 Å². The van der Waals surface area contributed by atoms with E-state index in [-0.39, 0.29) is 29.8 Å². The second-order valence-electron chi connectivity index (χ2n) is 9.08. The fourth-order valence-corrected chi connectivity index (χ4v) is 6.20. The van der Waals surface area contributed by atoms with Crippen molar-refractivity contribution in [3.05, 3.63) is 65.2 Å². The Morgan fingerprint density at radius 1 is 0.912 bits per heavy atom. The van der Waals surface area contributed by atoms with Crippen molar-refractivity contribution in [1.82, 2.24) is 14.5 Å². The second kappa shape index (κ2) is 10.9. The molecule has 2 heterocycles. The second-order valence-corrected chi connectivity index (χ2v) is 11.0. The van der Waals surface area contributed by atoms with Gasteiger partial charge in [-0.25, -0.2) is 17.2 Å². The fraction of sp³-hybridized carbons (Fsp3) is 0.480. The van der Waals surface area contributed by atoms with Crippen LogP contribution < -0.4 is 5.32 Å². The summed E-state index contributed by atoms with van der Waals surface area (Å²) in [6.07, 6.45) is 4.50. The Morgan fingerprint density at radius 3 is 2.26 bits per heavy atom. The molecule has 1 amide bonds. The van der Waals surface area contributed by atoms with E-state index in [2.05, 4.69) is 16.3 Å². The smallest absolute Gasteiger partial charge is 0.243 e. The molecular weight excluding hydrogens is 460 g/mol. The van der Waals surface area contributed by atoms with E-state index in [1.165, 1.54) is 29.1 Å². The number of rotatable bonds is 7. The number of halogens is 2. The van der Waals surface area contributed by atoms with E-state index in [4.69, 9.17) is 0 Å². The van der Waals surface area contributed by atoms with Crippen LogP contribution in [-0.2, 0) is 27.9 Å². The SMILES string of the molecule is O=C(NCc1ccccc1CN1CCCCC1)C1CCN(S(=O)(=O)c2ccc(F)c(F)c2)CC1. The normalized spacial score (nSPS) is 18.6. The van der Waals surface area contributed by atoms with Crippen molar-refractivity contribution >= 4 is 15.9 Å². The van der Waals surface area contributed by atoms with Crippen LogP contribution in [0, 0.1) is 17.6 Å². The molecule has 0 saturated carbocycles. The molecule has 0 bridgehead atoms. The number of carbonyl (C=O) groups is 1. The Balaban J connectivity index is 1.31. The summed E-state index contributed by atoms with van der Waals surface area (Å²) in [7, 11) is -3.94. The van der Waals surface area contributed by atoms with E-state index in [0.29, 0.717) is 25.5 Å². The van der Waals surface area contributed by atoms with E-state index < -0.39 is 21.7 Å². The van der Waals surface area contributed by atoms with Gasteiger partial charge in [0, 0.05) is 32.1 Å². The lowest BCUT2D eigenvalue weighted by atomic mass is 9.97. The van der Waals surface area contributed by atoms with Gasteiger partial charge >= 0.3 is 0 Å². The highest BCUT2D eigenvalue weighted by Gasteiger charge is 2.32. The van der Waals surface area contributed by atoms with Gasteiger partial charge in [0.15, 0.2) is 11.6 Å². The highest BCUT2D eigenvalue weighted by Crippen LogP contribution is 2.25. The van der Waals surface area contributed by atoms with Crippen molar-refractivity contribution in [3.63, 3.8) is 0 Å². The third-order valence-corrected chi connectivity index (χ3v) is 8.66. The first-order chi connectivity index (χ1) is 16.3. The van der Waals surface area contributed by atoms with Crippen molar-refractivity contribution in [3.8, 4) is 0 Å². The summed E-state index contributed by atoms with van der Waals surface area (Å²) in [6.45, 7) is 3.85. The number of hydrogen-bond acceptors (Lipinski definition) is 4. The van der Waals surface area contributed by atoms with E-state index >= 15 is 0 Å². The van der Waals surface area contributed by atoms with Gasteiger partial charge in [0.2, 0.25) is 15.9 Å². The van der Waals surface area contributed by atoms with Crippen molar-refractivity contribution in [2.45, 2.75) is 50.1 Å². The molecule has 9 heteroatoms. The molecule has 2 aromatic rings. The van der Waals surface area contributed by atoms with Gasteiger partial charge in [0.05, 0.1) is 4.90 Å².